The van der Waals surface area contributed by atoms with Gasteiger partial charge in [0, 0.05) is 19.1 Å². The zero-order chi connectivity index (χ0) is 10.8. The zero-order valence-electron chi connectivity index (χ0n) is 8.44. The van der Waals surface area contributed by atoms with Crippen LogP contribution in [-0.4, -0.2) is 13.1 Å². The number of ether oxygens (including phenoxy) is 2. The predicted octanol–water partition coefficient (Wildman–Crippen LogP) is 2.37. The second kappa shape index (κ2) is 3.65. The van der Waals surface area contributed by atoms with Crippen LogP contribution in [0.4, 0.5) is 0 Å². The first kappa shape index (κ1) is 9.58. The summed E-state index contributed by atoms with van der Waals surface area (Å²) in [6, 6.07) is 5.10. The van der Waals surface area contributed by atoms with Gasteiger partial charge in [-0.1, -0.05) is 0 Å². The van der Waals surface area contributed by atoms with Gasteiger partial charge in [-0.25, -0.2) is 0 Å². The number of esters is 1. The molecule has 0 atom stereocenters. The van der Waals surface area contributed by atoms with Gasteiger partial charge in [0.05, 0.1) is 18.8 Å². The van der Waals surface area contributed by atoms with Crippen molar-refractivity contribution in [2.75, 3.05) is 7.11 Å². The Morgan fingerprint density at radius 1 is 1.40 bits per heavy atom. The van der Waals surface area contributed by atoms with Crippen molar-refractivity contribution in [2.45, 2.75) is 6.92 Å². The minimum absolute atomic E-state index is 0.372. The first-order chi connectivity index (χ1) is 7.20. The van der Waals surface area contributed by atoms with E-state index in [1.165, 1.54) is 6.92 Å². The van der Waals surface area contributed by atoms with Gasteiger partial charge >= 0.3 is 5.97 Å². The third-order valence-corrected chi connectivity index (χ3v) is 1.99. The van der Waals surface area contributed by atoms with Gasteiger partial charge in [0.1, 0.15) is 17.1 Å². The molecule has 78 valence electrons. The van der Waals surface area contributed by atoms with Crippen LogP contribution in [0, 0.1) is 0 Å². The Kier molecular flexibility index (Phi) is 2.33. The summed E-state index contributed by atoms with van der Waals surface area (Å²) in [5.41, 5.74) is 0.630. The number of carbonyl (C=O) groups is 1. The molecule has 0 fully saturated rings. The first-order valence-corrected chi connectivity index (χ1v) is 4.44. The summed E-state index contributed by atoms with van der Waals surface area (Å²) in [6.45, 7) is 1.35. The van der Waals surface area contributed by atoms with Crippen molar-refractivity contribution in [1.29, 1.82) is 0 Å². The molecule has 15 heavy (non-hydrogen) atoms. The molecule has 0 bridgehead atoms. The Morgan fingerprint density at radius 3 is 2.87 bits per heavy atom. The number of fused-ring (bicyclic) bond motifs is 1. The fraction of sp³-hybridized carbons (Fsp3) is 0.182. The van der Waals surface area contributed by atoms with E-state index in [4.69, 9.17) is 13.9 Å². The van der Waals surface area contributed by atoms with E-state index < -0.39 is 0 Å². The zero-order valence-corrected chi connectivity index (χ0v) is 8.44. The summed E-state index contributed by atoms with van der Waals surface area (Å²) in [4.78, 5) is 10.8. The van der Waals surface area contributed by atoms with Gasteiger partial charge in [0.2, 0.25) is 0 Å². The van der Waals surface area contributed by atoms with Crippen molar-refractivity contribution in [3.8, 4) is 11.5 Å². The molecule has 0 radical (unpaired) electrons. The highest BCUT2D eigenvalue weighted by molar-refractivity contribution is 5.86. The highest BCUT2D eigenvalue weighted by Gasteiger charge is 2.08. The molecule has 0 amide bonds. The van der Waals surface area contributed by atoms with Gasteiger partial charge in [-0.15, -0.1) is 0 Å². The molecule has 2 aromatic rings. The Balaban J connectivity index is 2.53. The van der Waals surface area contributed by atoms with Crippen LogP contribution in [-0.2, 0) is 4.79 Å². The predicted molar refractivity (Wildman–Crippen MR) is 54.1 cm³/mol. The lowest BCUT2D eigenvalue weighted by Gasteiger charge is -2.05. The molecule has 1 aromatic carbocycles. The first-order valence-electron chi connectivity index (χ1n) is 4.44. The second-order valence-electron chi connectivity index (χ2n) is 3.05. The maximum atomic E-state index is 10.8. The number of rotatable bonds is 2. The van der Waals surface area contributed by atoms with Crippen molar-refractivity contribution >= 4 is 16.9 Å². The molecule has 0 aliphatic heterocycles. The molecule has 0 aliphatic carbocycles. The van der Waals surface area contributed by atoms with Gasteiger partial charge in [0.15, 0.2) is 0 Å². The lowest BCUT2D eigenvalue weighted by molar-refractivity contribution is -0.131. The Hall–Kier alpha value is -1.97. The summed E-state index contributed by atoms with van der Waals surface area (Å²) in [7, 11) is 1.55. The van der Waals surface area contributed by atoms with Crippen LogP contribution < -0.4 is 9.47 Å². The molecule has 2 rings (SSSR count). The third kappa shape index (κ3) is 1.79. The summed E-state index contributed by atoms with van der Waals surface area (Å²) in [6.07, 6.45) is 1.56. The maximum Gasteiger partial charge on any atom is 0.308 e. The molecule has 4 nitrogen and oxygen atoms in total. The Morgan fingerprint density at radius 2 is 2.20 bits per heavy atom. The van der Waals surface area contributed by atoms with E-state index in [9.17, 15) is 4.79 Å². The lowest BCUT2D eigenvalue weighted by Crippen LogP contribution is -2.01. The van der Waals surface area contributed by atoms with Crippen LogP contribution in [0.3, 0.4) is 0 Å². The monoisotopic (exact) mass is 206 g/mol. The van der Waals surface area contributed by atoms with Crippen molar-refractivity contribution in [1.82, 2.24) is 0 Å². The van der Waals surface area contributed by atoms with Crippen molar-refractivity contribution in [3.63, 3.8) is 0 Å². The minimum atomic E-state index is -0.372. The second-order valence-corrected chi connectivity index (χ2v) is 3.05. The minimum Gasteiger partial charge on any atom is -0.496 e. The molecule has 4 heteroatoms. The van der Waals surface area contributed by atoms with Crippen molar-refractivity contribution in [3.05, 3.63) is 24.5 Å². The molecule has 1 aromatic heterocycles. The van der Waals surface area contributed by atoms with Gasteiger partial charge < -0.3 is 13.9 Å². The van der Waals surface area contributed by atoms with Crippen molar-refractivity contribution < 1.29 is 18.7 Å². The van der Waals surface area contributed by atoms with Crippen LogP contribution in [0.2, 0.25) is 0 Å². The highest BCUT2D eigenvalue weighted by atomic mass is 16.5. The number of methoxy groups -OCH3 is 1. The molecule has 1 heterocycles. The maximum absolute atomic E-state index is 10.8. The van der Waals surface area contributed by atoms with E-state index in [2.05, 4.69) is 0 Å². The SMILES string of the molecule is COc1cc(OC(C)=O)cc2occc12. The van der Waals surface area contributed by atoms with E-state index >= 15 is 0 Å². The number of furan rings is 1. The van der Waals surface area contributed by atoms with E-state index in [1.807, 2.05) is 0 Å². The van der Waals surface area contributed by atoms with E-state index in [0.717, 1.165) is 5.39 Å². The van der Waals surface area contributed by atoms with Gasteiger partial charge in [0.25, 0.3) is 0 Å². The van der Waals surface area contributed by atoms with Gasteiger partial charge in [-0.2, -0.15) is 0 Å². The largest absolute Gasteiger partial charge is 0.496 e. The van der Waals surface area contributed by atoms with E-state index in [1.54, 1.807) is 31.6 Å². The normalized spacial score (nSPS) is 10.3. The molecule has 0 spiro atoms. The van der Waals surface area contributed by atoms with Crippen LogP contribution in [0.5, 0.6) is 11.5 Å². The van der Waals surface area contributed by atoms with Crippen molar-refractivity contribution in [2.24, 2.45) is 0 Å². The topological polar surface area (TPSA) is 48.7 Å². The van der Waals surface area contributed by atoms with Gasteiger partial charge in [-0.3, -0.25) is 4.79 Å². The molecule has 0 aliphatic rings. The Labute approximate surface area is 86.4 Å². The third-order valence-electron chi connectivity index (χ3n) is 1.99. The number of hydrogen-bond acceptors (Lipinski definition) is 4. The van der Waals surface area contributed by atoms with Crippen LogP contribution in [0.25, 0.3) is 11.0 Å². The average molecular weight is 206 g/mol. The quantitative estimate of drug-likeness (QED) is 0.559. The average Bonchev–Trinajstić information content (AvgIpc) is 2.63. The fourth-order valence-electron chi connectivity index (χ4n) is 1.41. The fourth-order valence-corrected chi connectivity index (χ4v) is 1.41. The van der Waals surface area contributed by atoms with Crippen LogP contribution in [0.1, 0.15) is 6.92 Å². The van der Waals surface area contributed by atoms with Crippen LogP contribution >= 0.6 is 0 Å². The molecular formula is C11H10O4. The lowest BCUT2D eigenvalue weighted by atomic mass is 10.2. The summed E-state index contributed by atoms with van der Waals surface area (Å²) >= 11 is 0. The number of hydrogen-bond donors (Lipinski definition) is 0. The summed E-state index contributed by atoms with van der Waals surface area (Å²) < 4.78 is 15.3. The summed E-state index contributed by atoms with van der Waals surface area (Å²) in [5, 5.41) is 0.855. The standard InChI is InChI=1S/C11H10O4/c1-7(12)15-8-5-10(13-2)9-3-4-14-11(9)6-8/h3-6H,1-2H3. The number of carbonyl (C=O) groups excluding carboxylic acids is 1. The van der Waals surface area contributed by atoms with Crippen LogP contribution in [0.15, 0.2) is 28.9 Å². The summed E-state index contributed by atoms with van der Waals surface area (Å²) in [5.74, 6) is 0.669. The van der Waals surface area contributed by atoms with E-state index in [-0.39, 0.29) is 5.97 Å². The van der Waals surface area contributed by atoms with E-state index in [0.29, 0.717) is 17.1 Å². The highest BCUT2D eigenvalue weighted by Crippen LogP contribution is 2.31. The number of benzene rings is 1. The molecule has 0 saturated heterocycles. The van der Waals surface area contributed by atoms with Gasteiger partial charge in [-0.05, 0) is 6.07 Å². The molecular weight excluding hydrogens is 196 g/mol. The molecule has 0 unspecified atom stereocenters. The molecule has 0 saturated carbocycles. The Bertz CT molecular complexity index is 498. The smallest absolute Gasteiger partial charge is 0.308 e. The molecule has 0 N–H and O–H groups in total.